The van der Waals surface area contributed by atoms with Crippen molar-refractivity contribution >= 4 is 27.4 Å². The number of aryl methyl sites for hydroxylation is 1. The molecule has 4 rings (SSSR count). The van der Waals surface area contributed by atoms with Gasteiger partial charge in [-0.05, 0) is 50.5 Å². The summed E-state index contributed by atoms with van der Waals surface area (Å²) in [7, 11) is -3.67. The third kappa shape index (κ3) is 4.15. The molecule has 0 aliphatic carbocycles. The minimum absolute atomic E-state index is 0.0413. The SMILES string of the molecule is CC(=O)c1cc2c(cc1NC(=O)c1cc(S(=O)(=O)N3CCCCC3)ccc1C)OCO2. The molecule has 2 aliphatic heterocycles. The topological polar surface area (TPSA) is 102 Å². The van der Waals surface area contributed by atoms with E-state index >= 15 is 0 Å². The molecule has 0 saturated carbocycles. The van der Waals surface area contributed by atoms with Gasteiger partial charge >= 0.3 is 0 Å². The highest BCUT2D eigenvalue weighted by Crippen LogP contribution is 2.37. The molecule has 2 aliphatic rings. The predicted octanol–water partition coefficient (Wildman–Crippen LogP) is 3.35. The standard InChI is InChI=1S/C22H24N2O6S/c1-14-6-7-16(31(27,28)24-8-4-3-5-9-24)10-17(14)22(26)23-19-12-21-20(29-13-30-21)11-18(19)15(2)25/h6-7,10-12H,3-5,8-9,13H2,1-2H3,(H,23,26). The van der Waals surface area contributed by atoms with Gasteiger partial charge in [-0.2, -0.15) is 4.31 Å². The van der Waals surface area contributed by atoms with Crippen LogP contribution in [0.15, 0.2) is 35.2 Å². The van der Waals surface area contributed by atoms with Gasteiger partial charge in [-0.3, -0.25) is 9.59 Å². The molecule has 2 aromatic rings. The molecule has 0 aromatic heterocycles. The predicted molar refractivity (Wildman–Crippen MR) is 114 cm³/mol. The first kappa shape index (κ1) is 21.3. The lowest BCUT2D eigenvalue weighted by Gasteiger charge is -2.26. The minimum Gasteiger partial charge on any atom is -0.454 e. The van der Waals surface area contributed by atoms with E-state index in [-0.39, 0.29) is 34.3 Å². The van der Waals surface area contributed by atoms with E-state index in [1.807, 2.05) is 0 Å². The number of hydrogen-bond donors (Lipinski definition) is 1. The zero-order valence-corrected chi connectivity index (χ0v) is 18.3. The smallest absolute Gasteiger partial charge is 0.255 e. The molecule has 1 N–H and O–H groups in total. The Labute approximate surface area is 181 Å². The molecule has 0 unspecified atom stereocenters. The number of nitrogens with one attached hydrogen (secondary N) is 1. The molecule has 0 atom stereocenters. The first-order valence-electron chi connectivity index (χ1n) is 10.1. The second-order valence-corrected chi connectivity index (χ2v) is 9.64. The Hall–Kier alpha value is -2.91. The van der Waals surface area contributed by atoms with Crippen molar-refractivity contribution in [3.05, 3.63) is 47.0 Å². The van der Waals surface area contributed by atoms with E-state index < -0.39 is 15.9 Å². The fourth-order valence-corrected chi connectivity index (χ4v) is 5.33. The third-order valence-corrected chi connectivity index (χ3v) is 7.44. The Kier molecular flexibility index (Phi) is 5.72. The van der Waals surface area contributed by atoms with Gasteiger partial charge in [0, 0.05) is 30.3 Å². The van der Waals surface area contributed by atoms with Gasteiger partial charge in [-0.25, -0.2) is 8.42 Å². The summed E-state index contributed by atoms with van der Waals surface area (Å²) in [6, 6.07) is 7.62. The van der Waals surface area contributed by atoms with Crippen LogP contribution in [0.25, 0.3) is 0 Å². The highest BCUT2D eigenvalue weighted by atomic mass is 32.2. The van der Waals surface area contributed by atoms with Crippen LogP contribution in [0.5, 0.6) is 11.5 Å². The van der Waals surface area contributed by atoms with E-state index in [0.717, 1.165) is 19.3 Å². The monoisotopic (exact) mass is 444 g/mol. The second-order valence-electron chi connectivity index (χ2n) is 7.70. The Bertz CT molecular complexity index is 1150. The van der Waals surface area contributed by atoms with Gasteiger partial charge in [0.2, 0.25) is 16.8 Å². The van der Waals surface area contributed by atoms with Crippen LogP contribution in [0.4, 0.5) is 5.69 Å². The number of nitrogens with zero attached hydrogens (tertiary/aromatic N) is 1. The van der Waals surface area contributed by atoms with Crippen molar-refractivity contribution in [2.75, 3.05) is 25.2 Å². The summed E-state index contributed by atoms with van der Waals surface area (Å²) in [4.78, 5) is 25.2. The molecule has 1 saturated heterocycles. The van der Waals surface area contributed by atoms with E-state index in [1.54, 1.807) is 19.1 Å². The fraction of sp³-hybridized carbons (Fsp3) is 0.364. The fourth-order valence-electron chi connectivity index (χ4n) is 3.79. The van der Waals surface area contributed by atoms with Crippen LogP contribution in [-0.2, 0) is 10.0 Å². The number of ether oxygens (including phenoxy) is 2. The molecule has 31 heavy (non-hydrogen) atoms. The minimum atomic E-state index is -3.67. The summed E-state index contributed by atoms with van der Waals surface area (Å²) in [5, 5.41) is 2.73. The lowest BCUT2D eigenvalue weighted by atomic mass is 10.1. The maximum Gasteiger partial charge on any atom is 0.255 e. The van der Waals surface area contributed by atoms with Crippen LogP contribution >= 0.6 is 0 Å². The van der Waals surface area contributed by atoms with Crippen LogP contribution in [0.2, 0.25) is 0 Å². The lowest BCUT2D eigenvalue weighted by Crippen LogP contribution is -2.35. The maximum atomic E-state index is 13.1. The lowest BCUT2D eigenvalue weighted by molar-refractivity contribution is 0.101. The van der Waals surface area contributed by atoms with Crippen molar-refractivity contribution in [2.45, 2.75) is 38.0 Å². The Morgan fingerprint density at radius 2 is 1.65 bits per heavy atom. The number of carbonyl (C=O) groups excluding carboxylic acids is 2. The average Bonchev–Trinajstić information content (AvgIpc) is 3.21. The Morgan fingerprint density at radius 1 is 0.968 bits per heavy atom. The number of ketones is 1. The van der Waals surface area contributed by atoms with Crippen LogP contribution in [-0.4, -0.2) is 44.3 Å². The molecule has 2 heterocycles. The first-order valence-corrected chi connectivity index (χ1v) is 11.6. The molecule has 9 heteroatoms. The Balaban J connectivity index is 1.65. The van der Waals surface area contributed by atoms with Gasteiger partial charge in [0.25, 0.3) is 5.91 Å². The zero-order valence-electron chi connectivity index (χ0n) is 17.4. The number of amides is 1. The summed E-state index contributed by atoms with van der Waals surface area (Å²) in [5.41, 5.74) is 1.42. The van der Waals surface area contributed by atoms with Gasteiger partial charge in [0.1, 0.15) is 0 Å². The van der Waals surface area contributed by atoms with Gasteiger partial charge in [-0.1, -0.05) is 12.5 Å². The normalized spacial score (nSPS) is 16.2. The summed E-state index contributed by atoms with van der Waals surface area (Å²) in [6.07, 6.45) is 2.67. The number of sulfonamides is 1. The number of rotatable bonds is 5. The van der Waals surface area contributed by atoms with Gasteiger partial charge in [0.15, 0.2) is 17.3 Å². The third-order valence-electron chi connectivity index (χ3n) is 5.55. The van der Waals surface area contributed by atoms with Crippen molar-refractivity contribution in [1.82, 2.24) is 4.31 Å². The van der Waals surface area contributed by atoms with Crippen molar-refractivity contribution < 1.29 is 27.5 Å². The largest absolute Gasteiger partial charge is 0.454 e. The molecule has 0 spiro atoms. The van der Waals surface area contributed by atoms with Crippen LogP contribution < -0.4 is 14.8 Å². The number of carbonyl (C=O) groups is 2. The van der Waals surface area contributed by atoms with Gasteiger partial charge < -0.3 is 14.8 Å². The number of piperidine rings is 1. The van der Waals surface area contributed by atoms with Gasteiger partial charge in [-0.15, -0.1) is 0 Å². The summed E-state index contributed by atoms with van der Waals surface area (Å²) >= 11 is 0. The highest BCUT2D eigenvalue weighted by molar-refractivity contribution is 7.89. The van der Waals surface area contributed by atoms with E-state index in [0.29, 0.717) is 30.2 Å². The van der Waals surface area contributed by atoms with Crippen molar-refractivity contribution in [1.29, 1.82) is 0 Å². The van der Waals surface area contributed by atoms with E-state index in [9.17, 15) is 18.0 Å². The second kappa shape index (κ2) is 8.32. The molecule has 0 bridgehead atoms. The summed E-state index contributed by atoms with van der Waals surface area (Å²) < 4.78 is 38.2. The zero-order chi connectivity index (χ0) is 22.2. The van der Waals surface area contributed by atoms with Crippen molar-refractivity contribution in [3.63, 3.8) is 0 Å². The molecule has 2 aromatic carbocycles. The number of benzene rings is 2. The molecular formula is C22H24N2O6S. The van der Waals surface area contributed by atoms with Crippen LogP contribution in [0.1, 0.15) is 52.5 Å². The van der Waals surface area contributed by atoms with E-state index in [4.69, 9.17) is 9.47 Å². The molecule has 164 valence electrons. The molecule has 8 nitrogen and oxygen atoms in total. The molecular weight excluding hydrogens is 420 g/mol. The summed E-state index contributed by atoms with van der Waals surface area (Å²) in [6.45, 7) is 4.13. The molecule has 1 fully saturated rings. The molecule has 0 radical (unpaired) electrons. The first-order chi connectivity index (χ1) is 14.8. The maximum absolute atomic E-state index is 13.1. The number of hydrogen-bond acceptors (Lipinski definition) is 6. The van der Waals surface area contributed by atoms with E-state index in [2.05, 4.69) is 5.32 Å². The number of Topliss-reactive ketones (excluding diaryl/α,β-unsaturated/α-hetero) is 1. The van der Waals surface area contributed by atoms with Crippen LogP contribution in [0.3, 0.4) is 0 Å². The number of fused-ring (bicyclic) bond motifs is 1. The molecule has 1 amide bonds. The Morgan fingerprint density at radius 3 is 2.32 bits per heavy atom. The van der Waals surface area contributed by atoms with Crippen molar-refractivity contribution in [3.8, 4) is 11.5 Å². The van der Waals surface area contributed by atoms with Crippen LogP contribution in [0, 0.1) is 6.92 Å². The highest BCUT2D eigenvalue weighted by Gasteiger charge is 2.27. The van der Waals surface area contributed by atoms with Gasteiger partial charge in [0.05, 0.1) is 10.6 Å². The van der Waals surface area contributed by atoms with Crippen molar-refractivity contribution in [2.24, 2.45) is 0 Å². The average molecular weight is 445 g/mol. The summed E-state index contributed by atoms with van der Waals surface area (Å²) in [5.74, 6) is 0.119. The quantitative estimate of drug-likeness (QED) is 0.710. The van der Waals surface area contributed by atoms with E-state index in [1.165, 1.54) is 29.4 Å². The number of anilines is 1.